The van der Waals surface area contributed by atoms with E-state index in [1.54, 1.807) is 38.2 Å². The van der Waals surface area contributed by atoms with Crippen LogP contribution in [0.15, 0.2) is 41.7 Å². The fourth-order valence-electron chi connectivity index (χ4n) is 3.58. The van der Waals surface area contributed by atoms with E-state index in [0.717, 1.165) is 0 Å². The number of imidazole rings is 1. The molecule has 212 valence electrons. The molecule has 1 amide bonds. The summed E-state index contributed by atoms with van der Waals surface area (Å²) in [5.74, 6) is -0.216. The minimum absolute atomic E-state index is 0.0125. The zero-order chi connectivity index (χ0) is 28.6. The van der Waals surface area contributed by atoms with E-state index < -0.39 is 35.8 Å². The van der Waals surface area contributed by atoms with Crippen molar-refractivity contribution in [1.29, 1.82) is 0 Å². The van der Waals surface area contributed by atoms with Crippen LogP contribution in [0.5, 0.6) is 5.75 Å². The zero-order valence-corrected chi connectivity index (χ0v) is 22.5. The molecule has 3 rings (SSSR count). The van der Waals surface area contributed by atoms with Crippen molar-refractivity contribution in [2.45, 2.75) is 43.8 Å². The van der Waals surface area contributed by atoms with E-state index in [0.29, 0.717) is 36.0 Å². The van der Waals surface area contributed by atoms with Gasteiger partial charge in [0.05, 0.1) is 46.5 Å². The number of hydrogen-bond donors (Lipinski definition) is 0. The van der Waals surface area contributed by atoms with Crippen LogP contribution in [-0.2, 0) is 26.0 Å². The van der Waals surface area contributed by atoms with Gasteiger partial charge in [-0.3, -0.25) is 9.19 Å². The predicted octanol–water partition coefficient (Wildman–Crippen LogP) is 4.84. The van der Waals surface area contributed by atoms with Gasteiger partial charge in [-0.2, -0.15) is 13.2 Å². The van der Waals surface area contributed by atoms with Gasteiger partial charge in [0.15, 0.2) is 6.61 Å². The van der Waals surface area contributed by atoms with Crippen LogP contribution in [0.1, 0.15) is 31.0 Å². The number of pyridine rings is 1. The van der Waals surface area contributed by atoms with Gasteiger partial charge in [0.25, 0.3) is 0 Å². The first kappa shape index (κ1) is 29.9. The first-order valence-corrected chi connectivity index (χ1v) is 13.4. The summed E-state index contributed by atoms with van der Waals surface area (Å²) in [6, 6.07) is 7.65. The summed E-state index contributed by atoms with van der Waals surface area (Å²) in [4.78, 5) is 34.7. The molecule has 39 heavy (non-hydrogen) atoms. The van der Waals surface area contributed by atoms with Crippen molar-refractivity contribution in [2.24, 2.45) is 0 Å². The Hall–Kier alpha value is -3.68. The van der Waals surface area contributed by atoms with Crippen LogP contribution in [0, 0.1) is 6.92 Å². The topological polar surface area (TPSA) is 113 Å². The lowest BCUT2D eigenvalue weighted by Gasteiger charge is -2.19. The molecule has 1 atom stereocenters. The first-order chi connectivity index (χ1) is 18.5. The molecule has 3 aromatic rings. The lowest BCUT2D eigenvalue weighted by atomic mass is 10.2. The maximum absolute atomic E-state index is 13.5. The Labute approximate surface area is 225 Å². The van der Waals surface area contributed by atoms with E-state index in [2.05, 4.69) is 9.97 Å². The number of fused-ring (bicyclic) bond motifs is 1. The second-order valence-corrected chi connectivity index (χ2v) is 9.78. The van der Waals surface area contributed by atoms with Crippen LogP contribution in [0.25, 0.3) is 11.0 Å². The van der Waals surface area contributed by atoms with Gasteiger partial charge in [0, 0.05) is 25.4 Å². The second-order valence-electron chi connectivity index (χ2n) is 8.44. The first-order valence-electron chi connectivity index (χ1n) is 12.1. The summed E-state index contributed by atoms with van der Waals surface area (Å²) in [5, 5.41) is -0.0125. The largest absolute Gasteiger partial charge is 0.508 e. The molecular weight excluding hydrogens is 541 g/mol. The van der Waals surface area contributed by atoms with Crippen LogP contribution < -0.4 is 4.74 Å². The number of alkyl halides is 3. The Morgan fingerprint density at radius 2 is 1.87 bits per heavy atom. The maximum Gasteiger partial charge on any atom is 0.508 e. The Bertz CT molecular complexity index is 1330. The van der Waals surface area contributed by atoms with Gasteiger partial charge in [-0.05, 0) is 44.9 Å². The number of unbranched alkanes of at least 4 members (excludes halogenated alkanes) is 1. The summed E-state index contributed by atoms with van der Waals surface area (Å²) in [5.41, 5.74) is 1.48. The molecule has 0 saturated carbocycles. The van der Waals surface area contributed by atoms with Crippen molar-refractivity contribution in [3.63, 3.8) is 0 Å². The number of halogens is 3. The number of nitrogens with zero attached hydrogens (tertiary/aromatic N) is 4. The maximum atomic E-state index is 13.5. The van der Waals surface area contributed by atoms with Gasteiger partial charge < -0.3 is 19.1 Å². The number of carbonyl (C=O) groups excluding carboxylic acids is 2. The van der Waals surface area contributed by atoms with E-state index in [9.17, 15) is 27.0 Å². The number of hydrogen-bond acceptors (Lipinski definition) is 8. The molecule has 0 aliphatic heterocycles. The molecule has 0 aliphatic rings. The molecule has 14 heteroatoms. The van der Waals surface area contributed by atoms with E-state index in [4.69, 9.17) is 14.2 Å². The number of benzene rings is 1. The molecule has 0 bridgehead atoms. The minimum Gasteiger partial charge on any atom is -0.484 e. The molecule has 0 saturated heterocycles. The zero-order valence-electron chi connectivity index (χ0n) is 21.7. The highest BCUT2D eigenvalue weighted by Gasteiger charge is 2.29. The number of amides is 1. The van der Waals surface area contributed by atoms with Crippen LogP contribution in [0.2, 0.25) is 0 Å². The Morgan fingerprint density at radius 3 is 2.59 bits per heavy atom. The smallest absolute Gasteiger partial charge is 0.484 e. The Morgan fingerprint density at radius 1 is 1.13 bits per heavy atom. The summed E-state index contributed by atoms with van der Waals surface area (Å²) in [6.45, 7) is 2.41. The van der Waals surface area contributed by atoms with Crippen molar-refractivity contribution in [3.8, 4) is 5.75 Å². The lowest BCUT2D eigenvalue weighted by Crippen LogP contribution is -2.33. The SMILES string of the molecule is CCOC(=O)OCCCCN(C)C(=O)n1c([S@](=O)Cc2nccc(OCC(F)(F)F)c2C)nc2ccccc21. The van der Waals surface area contributed by atoms with Gasteiger partial charge in [-0.15, -0.1) is 0 Å². The van der Waals surface area contributed by atoms with E-state index >= 15 is 0 Å². The molecular formula is C25H29F3N4O6S. The monoisotopic (exact) mass is 570 g/mol. The van der Waals surface area contributed by atoms with Crippen molar-refractivity contribution >= 4 is 34.0 Å². The summed E-state index contributed by atoms with van der Waals surface area (Å²) in [6.07, 6.45) is -2.96. The molecule has 0 fully saturated rings. The van der Waals surface area contributed by atoms with Crippen LogP contribution >= 0.6 is 0 Å². The quantitative estimate of drug-likeness (QED) is 0.238. The molecule has 0 radical (unpaired) electrons. The summed E-state index contributed by atoms with van der Waals surface area (Å²) < 4.78 is 67.0. The normalized spacial score (nSPS) is 12.3. The standard InChI is InChI=1S/C25H29F3N4O6S/c1-4-36-24(34)37-14-8-7-13-31(3)23(33)32-20-10-6-5-9-18(20)30-22(32)39(35)15-19-17(2)21(11-12-29-19)38-16-25(26,27)28/h5-6,9-12H,4,7-8,13-16H2,1-3H3/t39-/m1/s1. The third kappa shape index (κ3) is 8.15. The molecule has 0 N–H and O–H groups in total. The summed E-state index contributed by atoms with van der Waals surface area (Å²) in [7, 11) is -0.292. The lowest BCUT2D eigenvalue weighted by molar-refractivity contribution is -0.153. The van der Waals surface area contributed by atoms with Gasteiger partial charge in [0.1, 0.15) is 5.75 Å². The van der Waals surface area contributed by atoms with E-state index in [1.165, 1.54) is 28.7 Å². The van der Waals surface area contributed by atoms with Crippen molar-refractivity contribution < 1.29 is 41.2 Å². The Kier molecular flexibility index (Phi) is 10.3. The molecule has 1 aromatic carbocycles. The molecule has 0 aliphatic carbocycles. The van der Waals surface area contributed by atoms with Crippen LogP contribution in [0.3, 0.4) is 0 Å². The third-order valence-corrected chi connectivity index (χ3v) is 6.76. The fraction of sp³-hybridized carbons (Fsp3) is 0.440. The van der Waals surface area contributed by atoms with Gasteiger partial charge >= 0.3 is 18.4 Å². The fourth-order valence-corrected chi connectivity index (χ4v) is 4.83. The van der Waals surface area contributed by atoms with E-state index in [1.807, 2.05) is 0 Å². The molecule has 0 spiro atoms. The van der Waals surface area contributed by atoms with Crippen LogP contribution in [0.4, 0.5) is 22.8 Å². The van der Waals surface area contributed by atoms with Crippen LogP contribution in [-0.4, -0.2) is 75.4 Å². The second kappa shape index (κ2) is 13.4. The van der Waals surface area contributed by atoms with Gasteiger partial charge in [-0.25, -0.2) is 19.1 Å². The average molecular weight is 571 g/mol. The van der Waals surface area contributed by atoms with Gasteiger partial charge in [-0.1, -0.05) is 12.1 Å². The highest BCUT2D eigenvalue weighted by Crippen LogP contribution is 2.26. The number of ether oxygens (including phenoxy) is 3. The Balaban J connectivity index is 1.76. The number of para-hydroxylation sites is 2. The molecule has 0 unspecified atom stereocenters. The van der Waals surface area contributed by atoms with Crippen molar-refractivity contribution in [1.82, 2.24) is 19.4 Å². The minimum atomic E-state index is -4.51. The van der Waals surface area contributed by atoms with Crippen molar-refractivity contribution in [2.75, 3.05) is 33.4 Å². The molecule has 2 aromatic heterocycles. The summed E-state index contributed by atoms with van der Waals surface area (Å²) >= 11 is 0. The number of aromatic nitrogens is 3. The van der Waals surface area contributed by atoms with Gasteiger partial charge in [0.2, 0.25) is 5.16 Å². The number of carbonyl (C=O) groups is 2. The van der Waals surface area contributed by atoms with Crippen molar-refractivity contribution in [3.05, 3.63) is 47.8 Å². The van der Waals surface area contributed by atoms with E-state index in [-0.39, 0.29) is 35.6 Å². The third-order valence-electron chi connectivity index (χ3n) is 5.54. The highest BCUT2D eigenvalue weighted by atomic mass is 32.2. The molecule has 10 nitrogen and oxygen atoms in total. The predicted molar refractivity (Wildman–Crippen MR) is 136 cm³/mol. The molecule has 2 heterocycles. The average Bonchev–Trinajstić information content (AvgIpc) is 3.28. The highest BCUT2D eigenvalue weighted by molar-refractivity contribution is 7.84. The number of rotatable bonds is 11.